The lowest BCUT2D eigenvalue weighted by Gasteiger charge is -2.35. The van der Waals surface area contributed by atoms with Gasteiger partial charge in [-0.25, -0.2) is 9.29 Å². The predicted octanol–water partition coefficient (Wildman–Crippen LogP) is 2.17. The maximum Gasteiger partial charge on any atom is 0.292 e. The third-order valence-electron chi connectivity index (χ3n) is 5.34. The van der Waals surface area contributed by atoms with Crippen LogP contribution in [0.15, 0.2) is 42.5 Å². The number of halogens is 3. The summed E-state index contributed by atoms with van der Waals surface area (Å²) in [7, 11) is 0. The molecule has 0 bridgehead atoms. The van der Waals surface area contributed by atoms with Crippen molar-refractivity contribution in [2.45, 2.75) is 12.5 Å². The smallest absolute Gasteiger partial charge is 0.292 e. The largest absolute Gasteiger partial charge is 0.360 e. The van der Waals surface area contributed by atoms with Crippen LogP contribution in [0.3, 0.4) is 0 Å². The van der Waals surface area contributed by atoms with Crippen LogP contribution in [0.25, 0.3) is 0 Å². The number of hydrogen-bond acceptors (Lipinski definition) is 3. The van der Waals surface area contributed by atoms with E-state index >= 15 is 0 Å². The molecule has 2 aromatic rings. The number of hydrogen-bond donors (Lipinski definition) is 1. The Balaban J connectivity index is 1.45. The van der Waals surface area contributed by atoms with E-state index in [9.17, 15) is 14.0 Å². The maximum atomic E-state index is 13.1. The molecule has 0 radical (unpaired) electrons. The minimum Gasteiger partial charge on any atom is -0.360 e. The molecule has 2 fully saturated rings. The molecule has 1 N–H and O–H groups in total. The van der Waals surface area contributed by atoms with Crippen molar-refractivity contribution in [1.29, 1.82) is 0 Å². The molecule has 2 saturated heterocycles. The molecule has 0 spiro atoms. The Bertz CT molecular complexity index is 894. The fourth-order valence-corrected chi connectivity index (χ4v) is 4.46. The zero-order valence-corrected chi connectivity index (χ0v) is 16.5. The van der Waals surface area contributed by atoms with Gasteiger partial charge in [-0.15, -0.1) is 0 Å². The second kappa shape index (κ2) is 7.70. The van der Waals surface area contributed by atoms with Gasteiger partial charge >= 0.3 is 0 Å². The first-order valence-electron chi connectivity index (χ1n) is 9.10. The van der Waals surface area contributed by atoms with Crippen molar-refractivity contribution in [3.05, 3.63) is 58.3 Å². The summed E-state index contributed by atoms with van der Waals surface area (Å²) in [6, 6.07) is 10.7. The number of carbonyl (C=O) groups is 2. The van der Waals surface area contributed by atoms with Gasteiger partial charge in [-0.1, -0.05) is 23.2 Å². The molecule has 28 heavy (non-hydrogen) atoms. The molecule has 2 aromatic carbocycles. The number of nitrogens with one attached hydrogen (secondary N) is 1. The summed E-state index contributed by atoms with van der Waals surface area (Å²) in [5.41, 5.74) is 1.38. The minimum atomic E-state index is -0.402. The summed E-state index contributed by atoms with van der Waals surface area (Å²) in [5.74, 6) is -0.709. The Morgan fingerprint density at radius 2 is 1.54 bits per heavy atom. The summed E-state index contributed by atoms with van der Waals surface area (Å²) in [6.07, 6.45) is 0.175. The van der Waals surface area contributed by atoms with Crippen LogP contribution in [0.1, 0.15) is 6.42 Å². The second-order valence-corrected chi connectivity index (χ2v) is 7.95. The molecule has 0 saturated carbocycles. The highest BCUT2D eigenvalue weighted by atomic mass is 35.5. The van der Waals surface area contributed by atoms with Crippen LogP contribution in [0.2, 0.25) is 10.0 Å². The third kappa shape index (κ3) is 3.72. The van der Waals surface area contributed by atoms with Crippen molar-refractivity contribution < 1.29 is 18.9 Å². The van der Waals surface area contributed by atoms with Gasteiger partial charge in [-0.3, -0.25) is 9.59 Å². The lowest BCUT2D eigenvalue weighted by Crippen LogP contribution is -3.19. The molecule has 1 atom stereocenters. The van der Waals surface area contributed by atoms with Crippen molar-refractivity contribution in [2.75, 3.05) is 36.0 Å². The highest BCUT2D eigenvalue weighted by molar-refractivity contribution is 6.35. The predicted molar refractivity (Wildman–Crippen MR) is 107 cm³/mol. The van der Waals surface area contributed by atoms with Gasteiger partial charge in [-0.05, 0) is 42.5 Å². The van der Waals surface area contributed by atoms with Gasteiger partial charge in [0.25, 0.3) is 5.91 Å². The van der Waals surface area contributed by atoms with Crippen LogP contribution in [0.5, 0.6) is 0 Å². The quantitative estimate of drug-likeness (QED) is 0.770. The van der Waals surface area contributed by atoms with E-state index < -0.39 is 6.04 Å². The van der Waals surface area contributed by atoms with Crippen molar-refractivity contribution in [3.63, 3.8) is 0 Å². The van der Waals surface area contributed by atoms with Crippen LogP contribution in [-0.2, 0) is 9.59 Å². The standard InChI is InChI=1S/C20H18Cl2FN3O2/c21-13-9-14(22)11-17(10-13)26-19(27)12-18(20(26)28)25-7-5-24(6-8-25)16-3-1-15(23)2-4-16/h1-4,9-11,18H,5-8,12H2/p+1/t18-/m1/s1. The normalized spacial score (nSPS) is 20.9. The van der Waals surface area contributed by atoms with Crippen molar-refractivity contribution in [3.8, 4) is 0 Å². The number of nitrogens with zero attached hydrogens (tertiary/aromatic N) is 2. The van der Waals surface area contributed by atoms with Gasteiger partial charge in [0.05, 0.1) is 38.3 Å². The highest BCUT2D eigenvalue weighted by Crippen LogP contribution is 2.29. The topological polar surface area (TPSA) is 45.1 Å². The van der Waals surface area contributed by atoms with E-state index in [2.05, 4.69) is 4.90 Å². The van der Waals surface area contributed by atoms with Crippen molar-refractivity contribution in [2.24, 2.45) is 0 Å². The van der Waals surface area contributed by atoms with Crippen LogP contribution in [0.4, 0.5) is 15.8 Å². The van der Waals surface area contributed by atoms with Gasteiger partial charge < -0.3 is 9.80 Å². The van der Waals surface area contributed by atoms with Crippen LogP contribution in [0, 0.1) is 5.82 Å². The van der Waals surface area contributed by atoms with Crippen LogP contribution < -0.4 is 14.7 Å². The molecule has 0 unspecified atom stereocenters. The number of benzene rings is 2. The first-order chi connectivity index (χ1) is 13.4. The molecular formula is C20H19Cl2FN3O2+. The molecule has 2 aliphatic rings. The molecule has 0 aliphatic carbocycles. The van der Waals surface area contributed by atoms with Crippen molar-refractivity contribution in [1.82, 2.24) is 0 Å². The SMILES string of the molecule is O=C1C[C@@H]([NH+]2CCN(c3ccc(F)cc3)CC2)C(=O)N1c1cc(Cl)cc(Cl)c1. The van der Waals surface area contributed by atoms with E-state index in [1.54, 1.807) is 30.3 Å². The Labute approximate surface area is 172 Å². The van der Waals surface area contributed by atoms with E-state index in [0.717, 1.165) is 36.8 Å². The summed E-state index contributed by atoms with van der Waals surface area (Å²) in [6.45, 7) is 2.93. The maximum absolute atomic E-state index is 13.1. The second-order valence-electron chi connectivity index (χ2n) is 7.07. The van der Waals surface area contributed by atoms with E-state index in [0.29, 0.717) is 15.7 Å². The fourth-order valence-electron chi connectivity index (χ4n) is 3.94. The Morgan fingerprint density at radius 1 is 0.929 bits per heavy atom. The molecule has 2 aliphatic heterocycles. The molecule has 2 heterocycles. The lowest BCUT2D eigenvalue weighted by atomic mass is 10.1. The Morgan fingerprint density at radius 3 is 2.14 bits per heavy atom. The molecular weight excluding hydrogens is 404 g/mol. The number of amides is 2. The zero-order chi connectivity index (χ0) is 19.8. The number of quaternary nitrogens is 1. The molecule has 0 aromatic heterocycles. The average molecular weight is 423 g/mol. The Hall–Kier alpha value is -2.15. The number of piperazine rings is 1. The number of rotatable bonds is 3. The molecule has 5 nitrogen and oxygen atoms in total. The summed E-state index contributed by atoms with van der Waals surface area (Å²) in [4.78, 5) is 30.0. The highest BCUT2D eigenvalue weighted by Gasteiger charge is 2.46. The fraction of sp³-hybridized carbons (Fsp3) is 0.300. The van der Waals surface area contributed by atoms with E-state index in [1.165, 1.54) is 17.0 Å². The van der Waals surface area contributed by atoms with Gasteiger partial charge in [0.15, 0.2) is 6.04 Å². The molecule has 4 rings (SSSR count). The van der Waals surface area contributed by atoms with Gasteiger partial charge in [0, 0.05) is 15.7 Å². The lowest BCUT2D eigenvalue weighted by molar-refractivity contribution is -0.915. The number of carbonyl (C=O) groups excluding carboxylic acids is 2. The average Bonchev–Trinajstić information content (AvgIpc) is 2.96. The number of anilines is 2. The molecule has 8 heteroatoms. The van der Waals surface area contributed by atoms with Crippen LogP contribution >= 0.6 is 23.2 Å². The van der Waals surface area contributed by atoms with Crippen molar-refractivity contribution >= 4 is 46.4 Å². The van der Waals surface area contributed by atoms with E-state index in [4.69, 9.17) is 23.2 Å². The summed E-state index contributed by atoms with van der Waals surface area (Å²) >= 11 is 12.1. The monoisotopic (exact) mass is 422 g/mol. The summed E-state index contributed by atoms with van der Waals surface area (Å²) in [5, 5.41) is 0.763. The van der Waals surface area contributed by atoms with Gasteiger partial charge in [0.2, 0.25) is 5.91 Å². The van der Waals surface area contributed by atoms with Gasteiger partial charge in [0.1, 0.15) is 5.82 Å². The van der Waals surface area contributed by atoms with E-state index in [1.807, 2.05) is 0 Å². The third-order valence-corrected chi connectivity index (χ3v) is 5.78. The summed E-state index contributed by atoms with van der Waals surface area (Å²) < 4.78 is 13.1. The molecule has 2 amide bonds. The Kier molecular flexibility index (Phi) is 5.27. The number of imide groups is 1. The zero-order valence-electron chi connectivity index (χ0n) is 15.0. The first-order valence-corrected chi connectivity index (χ1v) is 9.86. The first kappa shape index (κ1) is 19.2. The van der Waals surface area contributed by atoms with E-state index in [-0.39, 0.29) is 24.1 Å². The van der Waals surface area contributed by atoms with Crippen LogP contribution in [-0.4, -0.2) is 44.0 Å². The minimum absolute atomic E-state index is 0.175. The molecule has 146 valence electrons. The van der Waals surface area contributed by atoms with Gasteiger partial charge in [-0.2, -0.15) is 0 Å².